The molecule has 2 rings (SSSR count). The van der Waals surface area contributed by atoms with Gasteiger partial charge in [0.15, 0.2) is 0 Å². The highest BCUT2D eigenvalue weighted by Crippen LogP contribution is 2.39. The number of ether oxygens (including phenoxy) is 2. The molecule has 0 atom stereocenters. The zero-order chi connectivity index (χ0) is 17.2. The Bertz CT molecular complexity index is 716. The SMILES string of the molecule is CCOC(=O)c1c2cccccc-2c(C(=O)OC(C)(C)C)c1N. The van der Waals surface area contributed by atoms with Crippen LogP contribution in [0.4, 0.5) is 5.69 Å². The number of anilines is 1. The van der Waals surface area contributed by atoms with Crippen LogP contribution in [-0.4, -0.2) is 24.1 Å². The lowest BCUT2D eigenvalue weighted by Crippen LogP contribution is -2.24. The molecule has 5 nitrogen and oxygen atoms in total. The minimum atomic E-state index is -0.659. The van der Waals surface area contributed by atoms with E-state index in [9.17, 15) is 9.59 Å². The van der Waals surface area contributed by atoms with Crippen molar-refractivity contribution in [3.8, 4) is 11.1 Å². The second-order valence-corrected chi connectivity index (χ2v) is 6.12. The normalized spacial score (nSPS) is 11.3. The number of fused-ring (bicyclic) bond motifs is 1. The summed E-state index contributed by atoms with van der Waals surface area (Å²) in [5.41, 5.74) is 7.10. The van der Waals surface area contributed by atoms with Gasteiger partial charge in [0.25, 0.3) is 0 Å². The molecule has 0 radical (unpaired) electrons. The highest BCUT2D eigenvalue weighted by atomic mass is 16.6. The van der Waals surface area contributed by atoms with Crippen LogP contribution in [0.15, 0.2) is 30.3 Å². The van der Waals surface area contributed by atoms with E-state index >= 15 is 0 Å². The Morgan fingerprint density at radius 3 is 2.00 bits per heavy atom. The molecule has 23 heavy (non-hydrogen) atoms. The fraction of sp³-hybridized carbons (Fsp3) is 0.333. The van der Waals surface area contributed by atoms with Crippen molar-refractivity contribution < 1.29 is 19.1 Å². The predicted molar refractivity (Wildman–Crippen MR) is 88.6 cm³/mol. The summed E-state index contributed by atoms with van der Waals surface area (Å²) in [6, 6.07) is 8.86. The van der Waals surface area contributed by atoms with Crippen molar-refractivity contribution in [2.24, 2.45) is 0 Å². The molecule has 5 heteroatoms. The van der Waals surface area contributed by atoms with Crippen molar-refractivity contribution in [1.82, 2.24) is 0 Å². The second kappa shape index (κ2) is 6.28. The molecule has 2 aliphatic rings. The van der Waals surface area contributed by atoms with Crippen LogP contribution >= 0.6 is 0 Å². The van der Waals surface area contributed by atoms with Gasteiger partial charge in [-0.25, -0.2) is 9.59 Å². The van der Waals surface area contributed by atoms with Gasteiger partial charge in [-0.15, -0.1) is 0 Å². The number of esters is 2. The first-order valence-corrected chi connectivity index (χ1v) is 7.47. The minimum absolute atomic E-state index is 0.0962. The maximum absolute atomic E-state index is 12.5. The van der Waals surface area contributed by atoms with Crippen LogP contribution in [0.2, 0.25) is 0 Å². The molecule has 0 aliphatic heterocycles. The summed E-state index contributed by atoms with van der Waals surface area (Å²) in [6.07, 6.45) is 0. The van der Waals surface area contributed by atoms with Gasteiger partial charge in [0, 0.05) is 0 Å². The third kappa shape index (κ3) is 3.44. The molecule has 122 valence electrons. The highest BCUT2D eigenvalue weighted by molar-refractivity contribution is 6.15. The van der Waals surface area contributed by atoms with E-state index in [1.807, 2.05) is 6.07 Å². The quantitative estimate of drug-likeness (QED) is 0.877. The Morgan fingerprint density at radius 1 is 1.00 bits per heavy atom. The monoisotopic (exact) mass is 315 g/mol. The van der Waals surface area contributed by atoms with E-state index in [0.717, 1.165) is 0 Å². The maximum Gasteiger partial charge on any atom is 0.341 e. The number of nitrogen functional groups attached to an aromatic ring is 1. The number of hydrogen-bond acceptors (Lipinski definition) is 5. The van der Waals surface area contributed by atoms with Crippen molar-refractivity contribution >= 4 is 17.6 Å². The topological polar surface area (TPSA) is 78.6 Å². The number of carbonyl (C=O) groups excluding carboxylic acids is 2. The molecular formula is C18H21NO4. The van der Waals surface area contributed by atoms with Crippen LogP contribution in [-0.2, 0) is 9.47 Å². The third-order valence-corrected chi connectivity index (χ3v) is 3.20. The van der Waals surface area contributed by atoms with Gasteiger partial charge < -0.3 is 15.2 Å². The summed E-state index contributed by atoms with van der Waals surface area (Å²) >= 11 is 0. The van der Waals surface area contributed by atoms with E-state index in [1.54, 1.807) is 52.0 Å². The van der Waals surface area contributed by atoms with Gasteiger partial charge in [0.2, 0.25) is 0 Å². The first-order chi connectivity index (χ1) is 10.8. The van der Waals surface area contributed by atoms with Gasteiger partial charge in [-0.2, -0.15) is 0 Å². The van der Waals surface area contributed by atoms with Crippen LogP contribution in [0.25, 0.3) is 11.1 Å². The first-order valence-electron chi connectivity index (χ1n) is 7.47. The van der Waals surface area contributed by atoms with Crippen LogP contribution in [0.5, 0.6) is 0 Å². The number of rotatable bonds is 3. The molecule has 0 aromatic heterocycles. The molecule has 0 saturated heterocycles. The van der Waals surface area contributed by atoms with Crippen molar-refractivity contribution in [2.45, 2.75) is 33.3 Å². The second-order valence-electron chi connectivity index (χ2n) is 6.12. The van der Waals surface area contributed by atoms with E-state index in [-0.39, 0.29) is 23.4 Å². The molecular weight excluding hydrogens is 294 g/mol. The summed E-state index contributed by atoms with van der Waals surface area (Å²) in [5, 5.41) is 0. The number of carbonyl (C=O) groups is 2. The zero-order valence-corrected chi connectivity index (χ0v) is 13.8. The van der Waals surface area contributed by atoms with Gasteiger partial charge in [0.05, 0.1) is 23.4 Å². The summed E-state index contributed by atoms with van der Waals surface area (Å²) < 4.78 is 10.5. The number of hydrogen-bond donors (Lipinski definition) is 1. The largest absolute Gasteiger partial charge is 0.462 e. The van der Waals surface area contributed by atoms with Gasteiger partial charge in [-0.05, 0) is 38.8 Å². The molecule has 0 aromatic carbocycles. The lowest BCUT2D eigenvalue weighted by molar-refractivity contribution is 0.00720. The smallest absolute Gasteiger partial charge is 0.341 e. The van der Waals surface area contributed by atoms with Gasteiger partial charge >= 0.3 is 11.9 Å². The lowest BCUT2D eigenvalue weighted by atomic mass is 10.1. The van der Waals surface area contributed by atoms with Crippen LogP contribution in [0.1, 0.15) is 48.4 Å². The fourth-order valence-electron chi connectivity index (χ4n) is 2.37. The summed E-state index contributed by atoms with van der Waals surface area (Å²) in [5.74, 6) is -1.10. The Balaban J connectivity index is 2.64. The minimum Gasteiger partial charge on any atom is -0.462 e. The van der Waals surface area contributed by atoms with Crippen molar-refractivity contribution in [2.75, 3.05) is 12.3 Å². The van der Waals surface area contributed by atoms with E-state index in [2.05, 4.69) is 0 Å². The van der Waals surface area contributed by atoms with Gasteiger partial charge in [-0.1, -0.05) is 30.3 Å². The summed E-state index contributed by atoms with van der Waals surface area (Å²) in [7, 11) is 0. The van der Waals surface area contributed by atoms with E-state index in [4.69, 9.17) is 15.2 Å². The Morgan fingerprint density at radius 2 is 1.52 bits per heavy atom. The van der Waals surface area contributed by atoms with E-state index < -0.39 is 17.5 Å². The van der Waals surface area contributed by atoms with Gasteiger partial charge in [0.1, 0.15) is 5.60 Å². The summed E-state index contributed by atoms with van der Waals surface area (Å²) in [4.78, 5) is 24.8. The van der Waals surface area contributed by atoms with Gasteiger partial charge in [-0.3, -0.25) is 0 Å². The van der Waals surface area contributed by atoms with E-state index in [0.29, 0.717) is 11.1 Å². The fourth-order valence-corrected chi connectivity index (χ4v) is 2.37. The zero-order valence-electron chi connectivity index (χ0n) is 13.8. The van der Waals surface area contributed by atoms with Crippen LogP contribution in [0.3, 0.4) is 0 Å². The highest BCUT2D eigenvalue weighted by Gasteiger charge is 2.32. The maximum atomic E-state index is 12.5. The van der Waals surface area contributed by atoms with Crippen molar-refractivity contribution in [1.29, 1.82) is 0 Å². The lowest BCUT2D eigenvalue weighted by Gasteiger charge is -2.19. The Kier molecular flexibility index (Phi) is 4.59. The van der Waals surface area contributed by atoms with Crippen molar-refractivity contribution in [3.63, 3.8) is 0 Å². The third-order valence-electron chi connectivity index (χ3n) is 3.20. The molecule has 0 heterocycles. The van der Waals surface area contributed by atoms with Crippen molar-refractivity contribution in [3.05, 3.63) is 41.5 Å². The molecule has 2 N–H and O–H groups in total. The Hall–Kier alpha value is -2.56. The standard InChI is InChI=1S/C18H21NO4/c1-5-22-16(20)13-11-9-7-6-8-10-12(11)14(15(13)19)17(21)23-18(2,3)4/h6-10H,5,19H2,1-4H3. The first kappa shape index (κ1) is 16.8. The molecule has 0 spiro atoms. The van der Waals surface area contributed by atoms with E-state index in [1.165, 1.54) is 0 Å². The van der Waals surface area contributed by atoms with Crippen LogP contribution < -0.4 is 5.73 Å². The number of nitrogens with two attached hydrogens (primary N) is 1. The van der Waals surface area contributed by atoms with Crippen LogP contribution in [0, 0.1) is 0 Å². The molecule has 0 saturated carbocycles. The molecule has 0 aromatic rings. The molecule has 0 amide bonds. The average molecular weight is 315 g/mol. The molecule has 2 aliphatic carbocycles. The molecule has 0 fully saturated rings. The predicted octanol–water partition coefficient (Wildman–Crippen LogP) is 3.51. The molecule has 0 unspecified atom stereocenters. The average Bonchev–Trinajstić information content (AvgIpc) is 2.57. The Labute approximate surface area is 135 Å². The summed E-state index contributed by atoms with van der Waals surface area (Å²) in [6.45, 7) is 7.27. The molecule has 0 bridgehead atoms.